The van der Waals surface area contributed by atoms with Gasteiger partial charge in [0, 0.05) is 56.5 Å². The van der Waals surface area contributed by atoms with Crippen molar-refractivity contribution < 1.29 is 14.0 Å². The van der Waals surface area contributed by atoms with Gasteiger partial charge >= 0.3 is 0 Å². The molecule has 160 valence electrons. The number of rotatable bonds is 6. The lowest BCUT2D eigenvalue weighted by atomic mass is 10.1. The number of amides is 2. The van der Waals surface area contributed by atoms with Gasteiger partial charge in [0.25, 0.3) is 0 Å². The average Bonchev–Trinajstić information content (AvgIpc) is 3.28. The highest BCUT2D eigenvalue weighted by Crippen LogP contribution is 2.19. The summed E-state index contributed by atoms with van der Waals surface area (Å²) < 4.78 is 5.70. The number of hydrogen-bond donors (Lipinski definition) is 0. The van der Waals surface area contributed by atoms with Crippen molar-refractivity contribution >= 4 is 11.8 Å². The van der Waals surface area contributed by atoms with Crippen LogP contribution in [0.15, 0.2) is 53.1 Å². The van der Waals surface area contributed by atoms with Crippen LogP contribution in [0.2, 0.25) is 0 Å². The molecule has 0 radical (unpaired) electrons. The normalized spacial score (nSPS) is 14.0. The lowest BCUT2D eigenvalue weighted by molar-refractivity contribution is -0.139. The topological polar surface area (TPSA) is 92.4 Å². The van der Waals surface area contributed by atoms with E-state index < -0.39 is 0 Å². The van der Waals surface area contributed by atoms with Crippen LogP contribution in [-0.2, 0) is 22.4 Å². The van der Waals surface area contributed by atoms with Crippen molar-refractivity contribution in [2.75, 3.05) is 26.2 Å². The van der Waals surface area contributed by atoms with Gasteiger partial charge in [0.15, 0.2) is 0 Å². The number of aromatic nitrogens is 3. The molecule has 0 unspecified atom stereocenters. The van der Waals surface area contributed by atoms with Crippen LogP contribution >= 0.6 is 0 Å². The van der Waals surface area contributed by atoms with E-state index in [1.165, 1.54) is 0 Å². The third kappa shape index (κ3) is 5.33. The smallest absolute Gasteiger partial charge is 0.247 e. The van der Waals surface area contributed by atoms with E-state index >= 15 is 0 Å². The van der Waals surface area contributed by atoms with Crippen molar-refractivity contribution in [2.24, 2.45) is 0 Å². The Balaban J connectivity index is 1.23. The number of pyridine rings is 1. The fourth-order valence-electron chi connectivity index (χ4n) is 3.51. The molecule has 1 aliphatic heterocycles. The van der Waals surface area contributed by atoms with Gasteiger partial charge in [-0.3, -0.25) is 14.6 Å². The molecule has 8 nitrogen and oxygen atoms in total. The molecule has 3 heterocycles. The summed E-state index contributed by atoms with van der Waals surface area (Å²) in [6.07, 6.45) is 2.68. The molecular weight excluding hydrogens is 394 g/mol. The molecule has 8 heteroatoms. The van der Waals surface area contributed by atoms with Crippen LogP contribution < -0.4 is 0 Å². The summed E-state index contributed by atoms with van der Waals surface area (Å²) in [7, 11) is 0. The van der Waals surface area contributed by atoms with E-state index in [9.17, 15) is 9.59 Å². The van der Waals surface area contributed by atoms with Gasteiger partial charge in [-0.25, -0.2) is 0 Å². The van der Waals surface area contributed by atoms with Crippen molar-refractivity contribution in [2.45, 2.75) is 26.2 Å². The first-order valence-electron chi connectivity index (χ1n) is 10.4. The van der Waals surface area contributed by atoms with Gasteiger partial charge in [-0.1, -0.05) is 23.8 Å². The predicted molar refractivity (Wildman–Crippen MR) is 114 cm³/mol. The fraction of sp³-hybridized carbons (Fsp3) is 0.348. The second-order valence-corrected chi connectivity index (χ2v) is 7.63. The van der Waals surface area contributed by atoms with Crippen molar-refractivity contribution in [1.82, 2.24) is 25.0 Å². The maximum absolute atomic E-state index is 12.6. The molecule has 0 bridgehead atoms. The van der Waals surface area contributed by atoms with Gasteiger partial charge in [-0.15, -0.1) is 10.2 Å². The lowest BCUT2D eigenvalue weighted by Gasteiger charge is -2.34. The van der Waals surface area contributed by atoms with Crippen LogP contribution in [-0.4, -0.2) is 63.0 Å². The van der Waals surface area contributed by atoms with Crippen LogP contribution in [0.5, 0.6) is 0 Å². The van der Waals surface area contributed by atoms with Gasteiger partial charge in [-0.2, -0.15) is 0 Å². The summed E-state index contributed by atoms with van der Waals surface area (Å²) in [6, 6.07) is 13.4. The highest BCUT2D eigenvalue weighted by molar-refractivity contribution is 5.79. The van der Waals surface area contributed by atoms with E-state index in [4.69, 9.17) is 4.42 Å². The van der Waals surface area contributed by atoms with Crippen molar-refractivity contribution in [3.05, 3.63) is 65.8 Å². The van der Waals surface area contributed by atoms with Gasteiger partial charge in [0.2, 0.25) is 23.6 Å². The minimum absolute atomic E-state index is 0.0342. The molecule has 3 aromatic rings. The SMILES string of the molecule is Cc1ccc(-c2nnc(CCC(=O)N3CCN(C(=O)Cc4ccccn4)CC3)o2)cc1. The summed E-state index contributed by atoms with van der Waals surface area (Å²) >= 11 is 0. The van der Waals surface area contributed by atoms with Crippen molar-refractivity contribution in [1.29, 1.82) is 0 Å². The number of hydrogen-bond acceptors (Lipinski definition) is 6. The first kappa shape index (κ1) is 20.7. The Morgan fingerprint density at radius 3 is 2.32 bits per heavy atom. The molecule has 1 aliphatic rings. The first-order valence-corrected chi connectivity index (χ1v) is 10.4. The van der Waals surface area contributed by atoms with E-state index in [1.807, 2.05) is 49.4 Å². The molecule has 1 saturated heterocycles. The summed E-state index contributed by atoms with van der Waals surface area (Å²) in [4.78, 5) is 32.8. The minimum Gasteiger partial charge on any atom is -0.421 e. The number of piperazine rings is 1. The van der Waals surface area contributed by atoms with E-state index in [1.54, 1.807) is 16.0 Å². The quantitative estimate of drug-likeness (QED) is 0.609. The number of benzene rings is 1. The fourth-order valence-corrected chi connectivity index (χ4v) is 3.51. The second kappa shape index (κ2) is 9.51. The van der Waals surface area contributed by atoms with Crippen LogP contribution in [0.25, 0.3) is 11.5 Å². The Bertz CT molecular complexity index is 1020. The van der Waals surface area contributed by atoms with Crippen LogP contribution in [0.1, 0.15) is 23.6 Å². The standard InChI is InChI=1S/C23H25N5O3/c1-17-5-7-18(8-6-17)23-26-25-20(31-23)9-10-21(29)27-12-14-28(15-13-27)22(30)16-19-4-2-3-11-24-19/h2-8,11H,9-10,12-16H2,1H3. The second-order valence-electron chi connectivity index (χ2n) is 7.63. The van der Waals surface area contributed by atoms with Gasteiger partial charge in [0.05, 0.1) is 6.42 Å². The molecule has 1 aromatic carbocycles. The molecule has 2 amide bonds. The van der Waals surface area contributed by atoms with Gasteiger partial charge < -0.3 is 14.2 Å². The van der Waals surface area contributed by atoms with Gasteiger partial charge in [-0.05, 0) is 31.2 Å². The van der Waals surface area contributed by atoms with E-state index in [0.29, 0.717) is 50.8 Å². The predicted octanol–water partition coefficient (Wildman–Crippen LogP) is 2.29. The molecule has 2 aromatic heterocycles. The van der Waals surface area contributed by atoms with E-state index in [2.05, 4.69) is 15.2 Å². The van der Waals surface area contributed by atoms with E-state index in [-0.39, 0.29) is 18.2 Å². The van der Waals surface area contributed by atoms with Crippen LogP contribution in [0, 0.1) is 6.92 Å². The maximum atomic E-state index is 12.6. The minimum atomic E-state index is 0.0342. The first-order chi connectivity index (χ1) is 15.1. The lowest BCUT2D eigenvalue weighted by Crippen LogP contribution is -2.51. The third-order valence-corrected chi connectivity index (χ3v) is 5.36. The Morgan fingerprint density at radius 1 is 0.935 bits per heavy atom. The zero-order valence-electron chi connectivity index (χ0n) is 17.5. The average molecular weight is 419 g/mol. The molecule has 0 spiro atoms. The van der Waals surface area contributed by atoms with Crippen LogP contribution in [0.4, 0.5) is 0 Å². The maximum Gasteiger partial charge on any atom is 0.247 e. The van der Waals surface area contributed by atoms with Gasteiger partial charge in [0.1, 0.15) is 0 Å². The molecular formula is C23H25N5O3. The summed E-state index contributed by atoms with van der Waals surface area (Å²) in [5.74, 6) is 0.989. The summed E-state index contributed by atoms with van der Waals surface area (Å²) in [6.45, 7) is 4.16. The zero-order valence-corrected chi connectivity index (χ0v) is 17.5. The number of carbonyl (C=O) groups excluding carboxylic acids is 2. The number of aryl methyl sites for hydroxylation is 2. The zero-order chi connectivity index (χ0) is 21.6. The Labute approximate surface area is 180 Å². The molecule has 4 rings (SSSR count). The third-order valence-electron chi connectivity index (χ3n) is 5.36. The summed E-state index contributed by atoms with van der Waals surface area (Å²) in [5.41, 5.74) is 2.78. The number of nitrogens with zero attached hydrogens (tertiary/aromatic N) is 5. The Morgan fingerprint density at radius 2 is 1.65 bits per heavy atom. The highest BCUT2D eigenvalue weighted by Gasteiger charge is 2.24. The molecule has 31 heavy (non-hydrogen) atoms. The molecule has 0 saturated carbocycles. The molecule has 1 fully saturated rings. The summed E-state index contributed by atoms with van der Waals surface area (Å²) in [5, 5.41) is 8.14. The Hall–Kier alpha value is -3.55. The largest absolute Gasteiger partial charge is 0.421 e. The highest BCUT2D eigenvalue weighted by atomic mass is 16.4. The molecule has 0 N–H and O–H groups in total. The van der Waals surface area contributed by atoms with Crippen LogP contribution in [0.3, 0.4) is 0 Å². The number of carbonyl (C=O) groups is 2. The Kier molecular flexibility index (Phi) is 6.35. The van der Waals surface area contributed by atoms with E-state index in [0.717, 1.165) is 16.8 Å². The molecule has 0 atom stereocenters. The molecule has 0 aliphatic carbocycles. The van der Waals surface area contributed by atoms with Crippen molar-refractivity contribution in [3.8, 4) is 11.5 Å². The monoisotopic (exact) mass is 419 g/mol. The van der Waals surface area contributed by atoms with Crippen molar-refractivity contribution in [3.63, 3.8) is 0 Å².